The van der Waals surface area contributed by atoms with Crippen LogP contribution in [-0.4, -0.2) is 39.2 Å². The van der Waals surface area contributed by atoms with Gasteiger partial charge in [-0.1, -0.05) is 12.8 Å². The van der Waals surface area contributed by atoms with Gasteiger partial charge in [-0.05, 0) is 12.8 Å². The zero-order chi connectivity index (χ0) is 10.7. The molecule has 0 amide bonds. The first-order valence-corrected chi connectivity index (χ1v) is 7.05. The molecule has 84 valence electrons. The number of hydrogen-bond acceptors (Lipinski definition) is 4. The lowest BCUT2D eigenvalue weighted by atomic mass is 10.0. The SMILES string of the molecule is CS(=O)(=O)CCOC1(CN)CCCC1. The molecular formula is C9H19NO3S. The number of rotatable bonds is 5. The van der Waals surface area contributed by atoms with Gasteiger partial charge in [-0.25, -0.2) is 8.42 Å². The van der Waals surface area contributed by atoms with E-state index in [1.807, 2.05) is 0 Å². The lowest BCUT2D eigenvalue weighted by Gasteiger charge is -2.27. The fraction of sp³-hybridized carbons (Fsp3) is 1.00. The summed E-state index contributed by atoms with van der Waals surface area (Å²) < 4.78 is 27.4. The number of ether oxygens (including phenoxy) is 1. The zero-order valence-electron chi connectivity index (χ0n) is 8.66. The second-order valence-electron chi connectivity index (χ2n) is 4.07. The molecule has 2 N–H and O–H groups in total. The van der Waals surface area contributed by atoms with E-state index < -0.39 is 9.84 Å². The van der Waals surface area contributed by atoms with Crippen molar-refractivity contribution in [2.75, 3.05) is 25.2 Å². The smallest absolute Gasteiger partial charge is 0.149 e. The first-order valence-electron chi connectivity index (χ1n) is 4.99. The summed E-state index contributed by atoms with van der Waals surface area (Å²) in [4.78, 5) is 0. The molecule has 1 rings (SSSR count). The third-order valence-corrected chi connectivity index (χ3v) is 3.66. The summed E-state index contributed by atoms with van der Waals surface area (Å²) in [6.45, 7) is 0.771. The predicted octanol–water partition coefficient (Wildman–Crippen LogP) is 0.319. The van der Waals surface area contributed by atoms with Gasteiger partial charge < -0.3 is 10.5 Å². The second kappa shape index (κ2) is 4.59. The maximum atomic E-state index is 10.9. The molecule has 0 unspecified atom stereocenters. The van der Waals surface area contributed by atoms with Crippen LogP contribution in [0.4, 0.5) is 0 Å². The van der Waals surface area contributed by atoms with Crippen molar-refractivity contribution in [1.29, 1.82) is 0 Å². The molecule has 14 heavy (non-hydrogen) atoms. The van der Waals surface area contributed by atoms with Crippen molar-refractivity contribution in [2.24, 2.45) is 5.73 Å². The van der Waals surface area contributed by atoms with Gasteiger partial charge in [0.25, 0.3) is 0 Å². The Kier molecular flexibility index (Phi) is 3.92. The molecule has 0 atom stereocenters. The van der Waals surface area contributed by atoms with Crippen LogP contribution in [0.15, 0.2) is 0 Å². The molecule has 0 aromatic rings. The van der Waals surface area contributed by atoms with Gasteiger partial charge in [0.2, 0.25) is 0 Å². The predicted molar refractivity (Wildman–Crippen MR) is 55.9 cm³/mol. The Labute approximate surface area is 85.7 Å². The van der Waals surface area contributed by atoms with Gasteiger partial charge >= 0.3 is 0 Å². The van der Waals surface area contributed by atoms with E-state index in [2.05, 4.69) is 0 Å². The monoisotopic (exact) mass is 221 g/mol. The van der Waals surface area contributed by atoms with Crippen LogP contribution in [0.2, 0.25) is 0 Å². The summed E-state index contributed by atoms with van der Waals surface area (Å²) in [7, 11) is -2.92. The van der Waals surface area contributed by atoms with Crippen molar-refractivity contribution < 1.29 is 13.2 Å². The van der Waals surface area contributed by atoms with Crippen molar-refractivity contribution in [2.45, 2.75) is 31.3 Å². The lowest BCUT2D eigenvalue weighted by molar-refractivity contribution is -0.0255. The van der Waals surface area contributed by atoms with Crippen LogP contribution < -0.4 is 5.73 Å². The molecule has 0 saturated heterocycles. The van der Waals surface area contributed by atoms with E-state index in [1.165, 1.54) is 6.26 Å². The highest BCUT2D eigenvalue weighted by atomic mass is 32.2. The second-order valence-corrected chi connectivity index (χ2v) is 6.33. The fourth-order valence-electron chi connectivity index (χ4n) is 1.84. The lowest BCUT2D eigenvalue weighted by Crippen LogP contribution is -2.39. The van der Waals surface area contributed by atoms with Crippen LogP contribution in [-0.2, 0) is 14.6 Å². The topological polar surface area (TPSA) is 69.4 Å². The van der Waals surface area contributed by atoms with Gasteiger partial charge in [-0.2, -0.15) is 0 Å². The summed E-state index contributed by atoms with van der Waals surface area (Å²) in [5, 5.41) is 0. The minimum absolute atomic E-state index is 0.0920. The zero-order valence-corrected chi connectivity index (χ0v) is 9.48. The minimum atomic E-state index is -2.92. The van der Waals surface area contributed by atoms with Crippen molar-refractivity contribution in [3.05, 3.63) is 0 Å². The van der Waals surface area contributed by atoms with E-state index in [0.717, 1.165) is 25.7 Å². The Hall–Kier alpha value is -0.130. The Balaban J connectivity index is 2.35. The molecule has 0 spiro atoms. The van der Waals surface area contributed by atoms with E-state index in [4.69, 9.17) is 10.5 Å². The van der Waals surface area contributed by atoms with E-state index in [9.17, 15) is 8.42 Å². The minimum Gasteiger partial charge on any atom is -0.373 e. The average molecular weight is 221 g/mol. The number of nitrogens with two attached hydrogens (primary N) is 1. The molecule has 1 aliphatic rings. The van der Waals surface area contributed by atoms with E-state index in [1.54, 1.807) is 0 Å². The summed E-state index contributed by atoms with van der Waals surface area (Å²) in [5.41, 5.74) is 5.41. The normalized spacial score (nSPS) is 21.3. The number of sulfone groups is 1. The molecule has 0 radical (unpaired) electrons. The van der Waals surface area contributed by atoms with E-state index in [0.29, 0.717) is 6.54 Å². The number of hydrogen-bond donors (Lipinski definition) is 1. The molecule has 0 aromatic heterocycles. The Morgan fingerprint density at radius 2 is 1.93 bits per heavy atom. The molecule has 1 fully saturated rings. The van der Waals surface area contributed by atoms with Gasteiger partial charge in [0, 0.05) is 12.8 Å². The maximum absolute atomic E-state index is 10.9. The molecule has 1 saturated carbocycles. The third kappa shape index (κ3) is 3.55. The highest BCUT2D eigenvalue weighted by Crippen LogP contribution is 2.32. The van der Waals surface area contributed by atoms with Crippen LogP contribution in [0.25, 0.3) is 0 Å². The van der Waals surface area contributed by atoms with Crippen LogP contribution in [0.5, 0.6) is 0 Å². The Bertz CT molecular complexity index is 268. The summed E-state index contributed by atoms with van der Waals surface area (Å²) in [5.74, 6) is 0.0920. The maximum Gasteiger partial charge on any atom is 0.149 e. The molecule has 0 bridgehead atoms. The molecule has 0 aromatic carbocycles. The van der Waals surface area contributed by atoms with Crippen LogP contribution in [0, 0.1) is 0 Å². The van der Waals surface area contributed by atoms with Gasteiger partial charge in [-0.3, -0.25) is 0 Å². The largest absolute Gasteiger partial charge is 0.373 e. The Morgan fingerprint density at radius 1 is 1.36 bits per heavy atom. The highest BCUT2D eigenvalue weighted by molar-refractivity contribution is 7.90. The Morgan fingerprint density at radius 3 is 2.36 bits per heavy atom. The summed E-state index contributed by atoms with van der Waals surface area (Å²) in [6, 6.07) is 0. The van der Waals surface area contributed by atoms with Crippen LogP contribution >= 0.6 is 0 Å². The summed E-state index contributed by atoms with van der Waals surface area (Å²) >= 11 is 0. The quantitative estimate of drug-likeness (QED) is 0.726. The van der Waals surface area contributed by atoms with Gasteiger partial charge in [0.05, 0.1) is 18.0 Å². The van der Waals surface area contributed by atoms with Crippen molar-refractivity contribution >= 4 is 9.84 Å². The molecular weight excluding hydrogens is 202 g/mol. The molecule has 4 nitrogen and oxygen atoms in total. The van der Waals surface area contributed by atoms with Gasteiger partial charge in [0.15, 0.2) is 0 Å². The summed E-state index contributed by atoms with van der Waals surface area (Å²) in [6.07, 6.45) is 5.42. The van der Waals surface area contributed by atoms with Gasteiger partial charge in [0.1, 0.15) is 9.84 Å². The highest BCUT2D eigenvalue weighted by Gasteiger charge is 2.33. The van der Waals surface area contributed by atoms with E-state index >= 15 is 0 Å². The standard InChI is InChI=1S/C9H19NO3S/c1-14(11,12)7-6-13-9(8-10)4-2-3-5-9/h2-8,10H2,1H3. The van der Waals surface area contributed by atoms with Crippen molar-refractivity contribution in [3.8, 4) is 0 Å². The molecule has 0 heterocycles. The van der Waals surface area contributed by atoms with Crippen molar-refractivity contribution in [1.82, 2.24) is 0 Å². The van der Waals surface area contributed by atoms with Crippen LogP contribution in [0.3, 0.4) is 0 Å². The molecule has 5 heteroatoms. The fourth-order valence-corrected chi connectivity index (χ4v) is 2.22. The van der Waals surface area contributed by atoms with Crippen LogP contribution in [0.1, 0.15) is 25.7 Å². The van der Waals surface area contributed by atoms with Gasteiger partial charge in [-0.15, -0.1) is 0 Å². The van der Waals surface area contributed by atoms with E-state index in [-0.39, 0.29) is 18.0 Å². The first-order chi connectivity index (χ1) is 6.47. The third-order valence-electron chi connectivity index (χ3n) is 2.75. The molecule has 1 aliphatic carbocycles. The van der Waals surface area contributed by atoms with Crippen molar-refractivity contribution in [3.63, 3.8) is 0 Å². The first kappa shape index (κ1) is 11.9. The average Bonchev–Trinajstić information content (AvgIpc) is 2.52. The molecule has 0 aliphatic heterocycles.